The van der Waals surface area contributed by atoms with E-state index in [0.717, 1.165) is 29.8 Å². The van der Waals surface area contributed by atoms with Gasteiger partial charge in [0.05, 0.1) is 19.4 Å². The van der Waals surface area contributed by atoms with E-state index in [4.69, 9.17) is 9.47 Å². The van der Waals surface area contributed by atoms with Crippen LogP contribution in [0.3, 0.4) is 0 Å². The van der Waals surface area contributed by atoms with E-state index in [1.807, 2.05) is 32.3 Å². The summed E-state index contributed by atoms with van der Waals surface area (Å²) in [5, 5.41) is 3.51. The molecule has 34 heavy (non-hydrogen) atoms. The maximum atomic E-state index is 12.6. The minimum atomic E-state index is -0.540. The summed E-state index contributed by atoms with van der Waals surface area (Å²) in [5.41, 5.74) is 1.05. The fourth-order valence-corrected chi connectivity index (χ4v) is 4.11. The third kappa shape index (κ3) is 5.34. The number of rotatable bonds is 4. The minimum absolute atomic E-state index is 0.178. The number of hydrogen-bond acceptors (Lipinski definition) is 8. The van der Waals surface area contributed by atoms with Crippen LogP contribution in [0.15, 0.2) is 6.33 Å². The van der Waals surface area contributed by atoms with Crippen LogP contribution >= 0.6 is 0 Å². The van der Waals surface area contributed by atoms with Crippen molar-refractivity contribution >= 4 is 29.2 Å². The Hall–Kier alpha value is -3.11. The van der Waals surface area contributed by atoms with E-state index in [1.165, 1.54) is 0 Å². The number of piperidine rings is 1. The molecule has 0 unspecified atom stereocenters. The molecule has 2 aliphatic rings. The zero-order valence-corrected chi connectivity index (χ0v) is 20.9. The van der Waals surface area contributed by atoms with Gasteiger partial charge in [-0.25, -0.2) is 24.5 Å². The molecule has 2 aromatic rings. The summed E-state index contributed by atoms with van der Waals surface area (Å²) < 4.78 is 12.9. The second-order valence-electron chi connectivity index (χ2n) is 10.3. The van der Waals surface area contributed by atoms with Crippen molar-refractivity contribution in [3.8, 4) is 0 Å². The van der Waals surface area contributed by atoms with E-state index >= 15 is 0 Å². The standard InChI is InChI=1S/C23H35N7O4/c1-14(2)30-13-24-18-19(25-15(3)26-20(18)30)27-16-7-9-28(10-8-16)21(31)33-17-11-29(12-17)22(32)34-23(4,5)6/h13-14,16-17H,7-12H2,1-6H3,(H,25,26,27). The molecule has 0 aliphatic carbocycles. The summed E-state index contributed by atoms with van der Waals surface area (Å²) in [6, 6.07) is 0.436. The molecule has 2 saturated heterocycles. The van der Waals surface area contributed by atoms with E-state index in [-0.39, 0.29) is 30.4 Å². The molecule has 1 N–H and O–H groups in total. The first kappa shape index (κ1) is 24.0. The molecule has 2 amide bonds. The number of hydrogen-bond donors (Lipinski definition) is 1. The molecule has 0 atom stereocenters. The Morgan fingerprint density at radius 2 is 1.76 bits per heavy atom. The highest BCUT2D eigenvalue weighted by atomic mass is 16.6. The lowest BCUT2D eigenvalue weighted by molar-refractivity contribution is -0.0446. The highest BCUT2D eigenvalue weighted by molar-refractivity contribution is 5.83. The van der Waals surface area contributed by atoms with Gasteiger partial charge in [-0.2, -0.15) is 0 Å². The Morgan fingerprint density at radius 3 is 2.38 bits per heavy atom. The number of aromatic nitrogens is 4. The number of likely N-dealkylation sites (tertiary alicyclic amines) is 2. The van der Waals surface area contributed by atoms with Crippen molar-refractivity contribution in [2.45, 2.75) is 78.2 Å². The number of nitrogens with zero attached hydrogens (tertiary/aromatic N) is 6. The zero-order chi connectivity index (χ0) is 24.6. The van der Waals surface area contributed by atoms with Crippen molar-refractivity contribution in [2.75, 3.05) is 31.5 Å². The van der Waals surface area contributed by atoms with Crippen LogP contribution in [0, 0.1) is 6.92 Å². The van der Waals surface area contributed by atoms with Crippen molar-refractivity contribution in [3.63, 3.8) is 0 Å². The third-order valence-electron chi connectivity index (χ3n) is 5.95. The topological polar surface area (TPSA) is 115 Å². The molecule has 4 rings (SSSR count). The van der Waals surface area contributed by atoms with E-state index in [9.17, 15) is 9.59 Å². The summed E-state index contributed by atoms with van der Waals surface area (Å²) in [6.07, 6.45) is 2.36. The molecular formula is C23H35N7O4. The Kier molecular flexibility index (Phi) is 6.55. The predicted molar refractivity (Wildman–Crippen MR) is 127 cm³/mol. The number of fused-ring (bicyclic) bond motifs is 1. The fraction of sp³-hybridized carbons (Fsp3) is 0.696. The van der Waals surface area contributed by atoms with Crippen molar-refractivity contribution in [1.29, 1.82) is 0 Å². The maximum Gasteiger partial charge on any atom is 0.410 e. The van der Waals surface area contributed by atoms with Crippen LogP contribution in [0.25, 0.3) is 11.2 Å². The lowest BCUT2D eigenvalue weighted by atomic mass is 10.1. The van der Waals surface area contributed by atoms with Crippen molar-refractivity contribution in [1.82, 2.24) is 29.3 Å². The van der Waals surface area contributed by atoms with Crippen LogP contribution in [-0.2, 0) is 9.47 Å². The highest BCUT2D eigenvalue weighted by Crippen LogP contribution is 2.25. The molecule has 186 valence electrons. The Morgan fingerprint density at radius 1 is 1.09 bits per heavy atom. The van der Waals surface area contributed by atoms with Gasteiger partial charge in [0, 0.05) is 25.2 Å². The number of amides is 2. The summed E-state index contributed by atoms with van der Waals surface area (Å²) in [4.78, 5) is 41.5. The van der Waals surface area contributed by atoms with E-state index < -0.39 is 5.60 Å². The molecule has 2 fully saturated rings. The predicted octanol–water partition coefficient (Wildman–Crippen LogP) is 3.35. The number of nitrogens with one attached hydrogen (secondary N) is 1. The molecule has 4 heterocycles. The maximum absolute atomic E-state index is 12.6. The van der Waals surface area contributed by atoms with Gasteiger partial charge < -0.3 is 29.2 Å². The first-order valence-electron chi connectivity index (χ1n) is 11.9. The van der Waals surface area contributed by atoms with E-state index in [0.29, 0.717) is 32.0 Å². The number of ether oxygens (including phenoxy) is 2. The molecule has 0 bridgehead atoms. The molecule has 0 spiro atoms. The normalized spacial score (nSPS) is 17.7. The smallest absolute Gasteiger partial charge is 0.410 e. The summed E-state index contributed by atoms with van der Waals surface area (Å²) >= 11 is 0. The van der Waals surface area contributed by atoms with Crippen LogP contribution in [0.2, 0.25) is 0 Å². The molecule has 2 aromatic heterocycles. The Balaban J connectivity index is 1.26. The number of imidazole rings is 1. The molecule has 0 radical (unpaired) electrons. The van der Waals surface area contributed by atoms with Crippen molar-refractivity contribution in [2.24, 2.45) is 0 Å². The number of aryl methyl sites for hydroxylation is 1. The van der Waals surface area contributed by atoms with Gasteiger partial charge in [0.2, 0.25) is 0 Å². The van der Waals surface area contributed by atoms with Crippen LogP contribution in [-0.4, -0.2) is 85.4 Å². The second-order valence-corrected chi connectivity index (χ2v) is 10.3. The quantitative estimate of drug-likeness (QED) is 0.719. The van der Waals surface area contributed by atoms with Crippen molar-refractivity contribution in [3.05, 3.63) is 12.2 Å². The van der Waals surface area contributed by atoms with E-state index in [1.54, 1.807) is 16.1 Å². The van der Waals surface area contributed by atoms with Crippen LogP contribution in [0.4, 0.5) is 15.4 Å². The van der Waals surface area contributed by atoms with Gasteiger partial charge in [-0.3, -0.25) is 0 Å². The number of carbonyl (C=O) groups excluding carboxylic acids is 2. The first-order valence-corrected chi connectivity index (χ1v) is 11.9. The third-order valence-corrected chi connectivity index (χ3v) is 5.95. The van der Waals surface area contributed by atoms with Gasteiger partial charge in [0.15, 0.2) is 11.5 Å². The van der Waals surface area contributed by atoms with Gasteiger partial charge >= 0.3 is 12.2 Å². The van der Waals surface area contributed by atoms with Crippen molar-refractivity contribution < 1.29 is 19.1 Å². The number of anilines is 1. The zero-order valence-electron chi connectivity index (χ0n) is 20.9. The second kappa shape index (κ2) is 9.27. The Labute approximate surface area is 199 Å². The van der Waals surface area contributed by atoms with Gasteiger partial charge in [-0.15, -0.1) is 0 Å². The first-order chi connectivity index (χ1) is 16.0. The molecular weight excluding hydrogens is 438 g/mol. The van der Waals surface area contributed by atoms with Gasteiger partial charge in [0.25, 0.3) is 0 Å². The minimum Gasteiger partial charge on any atom is -0.444 e. The fourth-order valence-electron chi connectivity index (χ4n) is 4.11. The molecule has 2 aliphatic heterocycles. The molecule has 11 heteroatoms. The van der Waals surface area contributed by atoms with Gasteiger partial charge in [-0.1, -0.05) is 0 Å². The van der Waals surface area contributed by atoms with Crippen LogP contribution in [0.1, 0.15) is 59.3 Å². The van der Waals surface area contributed by atoms with Crippen LogP contribution in [0.5, 0.6) is 0 Å². The van der Waals surface area contributed by atoms with Gasteiger partial charge in [-0.05, 0) is 54.4 Å². The monoisotopic (exact) mass is 473 g/mol. The lowest BCUT2D eigenvalue weighted by Gasteiger charge is -2.40. The summed E-state index contributed by atoms with van der Waals surface area (Å²) in [5.74, 6) is 1.43. The Bertz CT molecular complexity index is 1050. The average Bonchev–Trinajstić information content (AvgIpc) is 3.13. The average molecular weight is 474 g/mol. The number of carbonyl (C=O) groups is 2. The van der Waals surface area contributed by atoms with Gasteiger partial charge in [0.1, 0.15) is 23.0 Å². The SMILES string of the molecule is Cc1nc(NC2CCN(C(=O)OC3CN(C(=O)OC(C)(C)C)C3)CC2)c2ncn(C(C)C)c2n1. The lowest BCUT2D eigenvalue weighted by Crippen LogP contribution is -2.57. The largest absolute Gasteiger partial charge is 0.444 e. The highest BCUT2D eigenvalue weighted by Gasteiger charge is 2.37. The summed E-state index contributed by atoms with van der Waals surface area (Å²) in [7, 11) is 0. The van der Waals surface area contributed by atoms with E-state index in [2.05, 4.69) is 34.1 Å². The summed E-state index contributed by atoms with van der Waals surface area (Å²) in [6.45, 7) is 13.5. The van der Waals surface area contributed by atoms with Crippen LogP contribution < -0.4 is 5.32 Å². The molecule has 0 saturated carbocycles. The molecule has 11 nitrogen and oxygen atoms in total. The molecule has 0 aromatic carbocycles.